The number of hydrogen-bond acceptors (Lipinski definition) is 5. The van der Waals surface area contributed by atoms with E-state index in [4.69, 9.17) is 27.6 Å². The van der Waals surface area contributed by atoms with Gasteiger partial charge in [0, 0.05) is 16.2 Å². The lowest BCUT2D eigenvalue weighted by atomic mass is 10.2. The molecule has 1 atom stereocenters. The highest BCUT2D eigenvalue weighted by Crippen LogP contribution is 2.25. The number of rotatable bonds is 5. The van der Waals surface area contributed by atoms with Crippen molar-refractivity contribution in [3.63, 3.8) is 0 Å². The van der Waals surface area contributed by atoms with Gasteiger partial charge in [0.2, 0.25) is 0 Å². The number of thioether (sulfide) groups is 1. The Morgan fingerprint density at radius 1 is 1.53 bits per heavy atom. The van der Waals surface area contributed by atoms with Crippen LogP contribution in [-0.2, 0) is 0 Å². The minimum Gasteiger partial charge on any atom is -0.409 e. The Hall–Kier alpha value is -0.950. The van der Waals surface area contributed by atoms with Crippen molar-refractivity contribution in [2.24, 2.45) is 10.9 Å². The predicted molar refractivity (Wildman–Crippen MR) is 67.8 cm³/mol. The van der Waals surface area contributed by atoms with Crippen LogP contribution < -0.4 is 5.73 Å². The molecule has 0 saturated carbocycles. The number of nitrogens with zero attached hydrogens (tertiary/aromatic N) is 1. The Balaban J connectivity index is 2.75. The van der Waals surface area contributed by atoms with Gasteiger partial charge in [0.05, 0.1) is 17.7 Å². The SMILES string of the molecule is N/C(=N\O)c1ccc(SCC(O)CO)cc1Cl. The van der Waals surface area contributed by atoms with Gasteiger partial charge in [-0.1, -0.05) is 16.8 Å². The molecule has 0 aliphatic rings. The molecule has 5 nitrogen and oxygen atoms in total. The molecule has 7 heteroatoms. The first-order chi connectivity index (χ1) is 8.08. The van der Waals surface area contributed by atoms with Crippen LogP contribution in [0, 0.1) is 0 Å². The summed E-state index contributed by atoms with van der Waals surface area (Å²) in [5, 5.41) is 29.6. The van der Waals surface area contributed by atoms with Crippen LogP contribution in [-0.4, -0.2) is 39.7 Å². The molecule has 0 bridgehead atoms. The Bertz CT molecular complexity index is 415. The monoisotopic (exact) mass is 276 g/mol. The van der Waals surface area contributed by atoms with Gasteiger partial charge in [-0.05, 0) is 18.2 Å². The molecular weight excluding hydrogens is 264 g/mol. The highest BCUT2D eigenvalue weighted by Gasteiger charge is 2.08. The lowest BCUT2D eigenvalue weighted by Gasteiger charge is -2.08. The third-order valence-electron chi connectivity index (χ3n) is 1.98. The van der Waals surface area contributed by atoms with E-state index in [9.17, 15) is 5.11 Å². The Morgan fingerprint density at radius 3 is 2.76 bits per heavy atom. The predicted octanol–water partition coefficient (Wildman–Crippen LogP) is 0.880. The summed E-state index contributed by atoms with van der Waals surface area (Å²) in [5.41, 5.74) is 5.87. The van der Waals surface area contributed by atoms with E-state index in [0.29, 0.717) is 16.3 Å². The second kappa shape index (κ2) is 6.70. The second-order valence-electron chi connectivity index (χ2n) is 3.27. The number of hydrogen-bond donors (Lipinski definition) is 4. The summed E-state index contributed by atoms with van der Waals surface area (Å²) in [6.07, 6.45) is -0.762. The van der Waals surface area contributed by atoms with Crippen LogP contribution in [0.4, 0.5) is 0 Å². The fourth-order valence-corrected chi connectivity index (χ4v) is 2.29. The van der Waals surface area contributed by atoms with E-state index in [2.05, 4.69) is 5.16 Å². The van der Waals surface area contributed by atoms with Gasteiger partial charge in [-0.25, -0.2) is 0 Å². The maximum Gasteiger partial charge on any atom is 0.171 e. The lowest BCUT2D eigenvalue weighted by molar-refractivity contribution is 0.113. The highest BCUT2D eigenvalue weighted by molar-refractivity contribution is 7.99. The summed E-state index contributed by atoms with van der Waals surface area (Å²) in [6, 6.07) is 5.03. The average molecular weight is 277 g/mol. The van der Waals surface area contributed by atoms with E-state index in [1.165, 1.54) is 11.8 Å². The molecule has 0 spiro atoms. The van der Waals surface area contributed by atoms with Crippen molar-refractivity contribution >= 4 is 29.2 Å². The summed E-state index contributed by atoms with van der Waals surface area (Å²) in [7, 11) is 0. The fourth-order valence-electron chi connectivity index (χ4n) is 1.09. The first kappa shape index (κ1) is 14.1. The maximum atomic E-state index is 9.19. The first-order valence-corrected chi connectivity index (χ1v) is 6.14. The Labute approximate surface area is 108 Å². The molecule has 0 aromatic heterocycles. The molecule has 0 saturated heterocycles. The molecule has 0 fully saturated rings. The standard InChI is InChI=1S/C10H13ClN2O3S/c11-9-3-7(17-5-6(15)4-14)1-2-8(9)10(12)13-16/h1-3,6,14-16H,4-5H2,(H2,12,13). The van der Waals surface area contributed by atoms with Crippen LogP contribution in [0.15, 0.2) is 28.3 Å². The molecule has 17 heavy (non-hydrogen) atoms. The van der Waals surface area contributed by atoms with Gasteiger partial charge in [0.15, 0.2) is 5.84 Å². The molecule has 5 N–H and O–H groups in total. The molecule has 0 aliphatic carbocycles. The zero-order chi connectivity index (χ0) is 12.8. The number of oxime groups is 1. The first-order valence-electron chi connectivity index (χ1n) is 4.77. The van der Waals surface area contributed by atoms with Crippen LogP contribution in [0.25, 0.3) is 0 Å². The molecule has 0 radical (unpaired) electrons. The van der Waals surface area contributed by atoms with Gasteiger partial charge in [0.1, 0.15) is 0 Å². The van der Waals surface area contributed by atoms with Crippen LogP contribution in [0.3, 0.4) is 0 Å². The number of aliphatic hydroxyl groups is 2. The van der Waals surface area contributed by atoms with Gasteiger partial charge in [-0.15, -0.1) is 11.8 Å². The van der Waals surface area contributed by atoms with Crippen molar-refractivity contribution in [3.8, 4) is 0 Å². The third kappa shape index (κ3) is 4.08. The van der Waals surface area contributed by atoms with Crippen molar-refractivity contribution < 1.29 is 15.4 Å². The molecule has 1 aromatic rings. The smallest absolute Gasteiger partial charge is 0.171 e. The van der Waals surface area contributed by atoms with Gasteiger partial charge in [0.25, 0.3) is 0 Å². The molecule has 1 rings (SSSR count). The molecule has 1 unspecified atom stereocenters. The molecule has 0 aliphatic heterocycles. The fraction of sp³-hybridized carbons (Fsp3) is 0.300. The topological polar surface area (TPSA) is 99.1 Å². The zero-order valence-corrected chi connectivity index (χ0v) is 10.4. The largest absolute Gasteiger partial charge is 0.409 e. The van der Waals surface area contributed by atoms with Crippen molar-refractivity contribution in [1.29, 1.82) is 0 Å². The molecule has 94 valence electrons. The van der Waals surface area contributed by atoms with E-state index in [1.54, 1.807) is 18.2 Å². The highest BCUT2D eigenvalue weighted by atomic mass is 35.5. The normalized spacial score (nSPS) is 13.7. The van der Waals surface area contributed by atoms with E-state index >= 15 is 0 Å². The summed E-state index contributed by atoms with van der Waals surface area (Å²) >= 11 is 7.31. The van der Waals surface area contributed by atoms with Crippen LogP contribution in [0.2, 0.25) is 5.02 Å². The number of halogens is 1. The van der Waals surface area contributed by atoms with E-state index in [0.717, 1.165) is 4.90 Å². The average Bonchev–Trinajstić information content (AvgIpc) is 2.35. The molecular formula is C10H13ClN2O3S. The van der Waals surface area contributed by atoms with Crippen molar-refractivity contribution in [1.82, 2.24) is 0 Å². The minimum atomic E-state index is -0.762. The lowest BCUT2D eigenvalue weighted by Crippen LogP contribution is -2.15. The van der Waals surface area contributed by atoms with Crippen molar-refractivity contribution in [3.05, 3.63) is 28.8 Å². The summed E-state index contributed by atoms with van der Waals surface area (Å²) in [6.45, 7) is -0.275. The van der Waals surface area contributed by atoms with Crippen LogP contribution in [0.1, 0.15) is 5.56 Å². The molecule has 1 aromatic carbocycles. The summed E-state index contributed by atoms with van der Waals surface area (Å²) in [5.74, 6) is 0.317. The molecule has 0 heterocycles. The number of amidine groups is 1. The zero-order valence-electron chi connectivity index (χ0n) is 8.88. The Morgan fingerprint density at radius 2 is 2.24 bits per heavy atom. The van der Waals surface area contributed by atoms with Crippen LogP contribution in [0.5, 0.6) is 0 Å². The Kier molecular flexibility index (Phi) is 5.57. The second-order valence-corrected chi connectivity index (χ2v) is 4.77. The van der Waals surface area contributed by atoms with Crippen molar-refractivity contribution in [2.45, 2.75) is 11.0 Å². The van der Waals surface area contributed by atoms with Gasteiger partial charge < -0.3 is 21.2 Å². The number of nitrogens with two attached hydrogens (primary N) is 1. The summed E-state index contributed by atoms with van der Waals surface area (Å²) in [4.78, 5) is 0.831. The van der Waals surface area contributed by atoms with Gasteiger partial charge in [-0.3, -0.25) is 0 Å². The third-order valence-corrected chi connectivity index (χ3v) is 3.43. The minimum absolute atomic E-state index is 0.0538. The van der Waals surface area contributed by atoms with E-state index in [-0.39, 0.29) is 12.4 Å². The quantitative estimate of drug-likeness (QED) is 0.210. The maximum absolute atomic E-state index is 9.19. The van der Waals surface area contributed by atoms with Gasteiger partial charge >= 0.3 is 0 Å². The van der Waals surface area contributed by atoms with Gasteiger partial charge in [-0.2, -0.15) is 0 Å². The van der Waals surface area contributed by atoms with Crippen molar-refractivity contribution in [2.75, 3.05) is 12.4 Å². The summed E-state index contributed by atoms with van der Waals surface area (Å²) < 4.78 is 0. The number of aliphatic hydroxyl groups excluding tert-OH is 2. The molecule has 0 amide bonds. The van der Waals surface area contributed by atoms with E-state index in [1.807, 2.05) is 0 Å². The number of benzene rings is 1. The van der Waals surface area contributed by atoms with E-state index < -0.39 is 6.10 Å². The van der Waals surface area contributed by atoms with Crippen LogP contribution >= 0.6 is 23.4 Å².